The summed E-state index contributed by atoms with van der Waals surface area (Å²) in [7, 11) is 1.74. The minimum atomic E-state index is -0.569. The van der Waals surface area contributed by atoms with Crippen LogP contribution in [0.15, 0.2) is 59.6 Å². The number of thiophene rings is 1. The number of aliphatic imine (C=N–C) groups is 1. The van der Waals surface area contributed by atoms with Crippen LogP contribution in [0.4, 0.5) is 0 Å². The maximum absolute atomic E-state index is 10.5. The van der Waals surface area contributed by atoms with E-state index in [1.807, 2.05) is 37.3 Å². The van der Waals surface area contributed by atoms with Crippen LogP contribution in [0.2, 0.25) is 0 Å². The lowest BCUT2D eigenvalue weighted by Gasteiger charge is -2.15. The van der Waals surface area contributed by atoms with E-state index in [0.29, 0.717) is 12.5 Å². The first-order chi connectivity index (χ1) is 14.7. The summed E-state index contributed by atoms with van der Waals surface area (Å²) in [6.45, 7) is 4.13. The number of nitrogens with one attached hydrogen (secondary N) is 2. The molecule has 1 unspecified atom stereocenters. The van der Waals surface area contributed by atoms with Crippen LogP contribution >= 0.6 is 35.3 Å². The van der Waals surface area contributed by atoms with E-state index in [9.17, 15) is 5.11 Å². The average molecular weight is 549 g/mol. The van der Waals surface area contributed by atoms with E-state index in [2.05, 4.69) is 49.4 Å². The Bertz CT molecular complexity index is 1140. The minimum Gasteiger partial charge on any atom is -0.386 e. The number of nitrogens with zero attached hydrogens (tertiary/aromatic N) is 3. The second kappa shape index (κ2) is 10.9. The van der Waals surface area contributed by atoms with Crippen molar-refractivity contribution in [3.05, 3.63) is 65.3 Å². The lowest BCUT2D eigenvalue weighted by atomic mass is 10.2. The second-order valence-electron chi connectivity index (χ2n) is 7.24. The number of aliphatic hydroxyl groups excluding tert-OH is 1. The summed E-state index contributed by atoms with van der Waals surface area (Å²) in [6, 6.07) is 18.5. The minimum absolute atomic E-state index is 0. The van der Waals surface area contributed by atoms with Gasteiger partial charge in [0.15, 0.2) is 5.96 Å². The summed E-state index contributed by atoms with van der Waals surface area (Å²) in [4.78, 5) is 9.84. The molecule has 0 saturated heterocycles. The molecule has 2 aromatic heterocycles. The number of guanidine groups is 1. The highest BCUT2D eigenvalue weighted by molar-refractivity contribution is 14.0. The van der Waals surface area contributed by atoms with Gasteiger partial charge in [-0.25, -0.2) is 4.98 Å². The SMILES string of the molecule is CN=C(NCCCn1c(C)nc2ccccc21)NCC(O)c1cc2ccccc2s1.I. The molecule has 2 aromatic carbocycles. The molecule has 4 aromatic rings. The number of benzene rings is 2. The summed E-state index contributed by atoms with van der Waals surface area (Å²) in [5.41, 5.74) is 2.21. The molecule has 6 nitrogen and oxygen atoms in total. The van der Waals surface area contributed by atoms with Gasteiger partial charge in [-0.15, -0.1) is 35.3 Å². The van der Waals surface area contributed by atoms with Crippen molar-refractivity contribution in [2.24, 2.45) is 4.99 Å². The van der Waals surface area contributed by atoms with Crippen molar-refractivity contribution >= 4 is 62.4 Å². The van der Waals surface area contributed by atoms with Gasteiger partial charge in [-0.1, -0.05) is 30.3 Å². The Balaban J connectivity index is 0.00000272. The number of halogens is 1. The largest absolute Gasteiger partial charge is 0.386 e. The molecule has 4 rings (SSSR count). The Labute approximate surface area is 203 Å². The van der Waals surface area contributed by atoms with Gasteiger partial charge >= 0.3 is 0 Å². The molecule has 0 radical (unpaired) electrons. The Hall–Kier alpha value is -2.17. The van der Waals surface area contributed by atoms with Gasteiger partial charge in [-0.2, -0.15) is 0 Å². The molecule has 31 heavy (non-hydrogen) atoms. The van der Waals surface area contributed by atoms with Crippen LogP contribution in [0, 0.1) is 6.92 Å². The summed E-state index contributed by atoms with van der Waals surface area (Å²) >= 11 is 1.63. The molecular formula is C23H28IN5OS. The molecule has 0 saturated carbocycles. The predicted molar refractivity (Wildman–Crippen MR) is 141 cm³/mol. The molecule has 0 fully saturated rings. The van der Waals surface area contributed by atoms with Gasteiger partial charge in [0.2, 0.25) is 0 Å². The smallest absolute Gasteiger partial charge is 0.191 e. The van der Waals surface area contributed by atoms with E-state index < -0.39 is 6.10 Å². The number of hydrogen-bond donors (Lipinski definition) is 3. The number of imidazole rings is 1. The number of aromatic nitrogens is 2. The van der Waals surface area contributed by atoms with Crippen LogP contribution in [0.5, 0.6) is 0 Å². The van der Waals surface area contributed by atoms with Crippen LogP contribution in [-0.2, 0) is 6.54 Å². The van der Waals surface area contributed by atoms with Crippen LogP contribution in [-0.4, -0.2) is 40.8 Å². The van der Waals surface area contributed by atoms with E-state index in [4.69, 9.17) is 0 Å². The summed E-state index contributed by atoms with van der Waals surface area (Å²) in [5.74, 6) is 1.73. The lowest BCUT2D eigenvalue weighted by Crippen LogP contribution is -2.39. The van der Waals surface area contributed by atoms with Gasteiger partial charge in [0.1, 0.15) is 11.9 Å². The van der Waals surface area contributed by atoms with Gasteiger partial charge < -0.3 is 20.3 Å². The topological polar surface area (TPSA) is 74.5 Å². The highest BCUT2D eigenvalue weighted by atomic mass is 127. The standard InChI is InChI=1S/C23H27N5OS.HI/c1-16-27-18-9-4-5-10-19(18)28(16)13-7-12-25-23(24-2)26-15-20(29)22-14-17-8-3-6-11-21(17)30-22;/h3-6,8-11,14,20,29H,7,12-13,15H2,1-2H3,(H2,24,25,26);1H. The highest BCUT2D eigenvalue weighted by Crippen LogP contribution is 2.29. The number of aryl methyl sites for hydroxylation is 2. The first-order valence-electron chi connectivity index (χ1n) is 10.2. The fourth-order valence-corrected chi connectivity index (χ4v) is 4.65. The van der Waals surface area contributed by atoms with Crippen LogP contribution in [0.25, 0.3) is 21.1 Å². The van der Waals surface area contributed by atoms with E-state index >= 15 is 0 Å². The number of hydrogen-bond acceptors (Lipinski definition) is 4. The zero-order chi connectivity index (χ0) is 20.9. The molecule has 1 atom stereocenters. The Morgan fingerprint density at radius 2 is 1.94 bits per heavy atom. The highest BCUT2D eigenvalue weighted by Gasteiger charge is 2.12. The monoisotopic (exact) mass is 549 g/mol. The van der Waals surface area contributed by atoms with Gasteiger partial charge in [-0.3, -0.25) is 4.99 Å². The van der Waals surface area contributed by atoms with Crippen LogP contribution in [0.1, 0.15) is 23.2 Å². The molecule has 2 heterocycles. The van der Waals surface area contributed by atoms with E-state index in [0.717, 1.165) is 35.7 Å². The van der Waals surface area contributed by atoms with Crippen molar-refractivity contribution < 1.29 is 5.11 Å². The molecule has 164 valence electrons. The Morgan fingerprint density at radius 3 is 2.74 bits per heavy atom. The van der Waals surface area contributed by atoms with Crippen LogP contribution < -0.4 is 10.6 Å². The first-order valence-corrected chi connectivity index (χ1v) is 11.0. The lowest BCUT2D eigenvalue weighted by molar-refractivity contribution is 0.184. The fourth-order valence-electron chi connectivity index (χ4n) is 3.60. The maximum Gasteiger partial charge on any atom is 0.191 e. The molecule has 0 aliphatic heterocycles. The van der Waals surface area contributed by atoms with Gasteiger partial charge in [0.25, 0.3) is 0 Å². The third-order valence-electron chi connectivity index (χ3n) is 5.16. The third kappa shape index (κ3) is 5.55. The predicted octanol–water partition coefficient (Wildman–Crippen LogP) is 4.47. The van der Waals surface area contributed by atoms with Crippen molar-refractivity contribution in [1.29, 1.82) is 0 Å². The van der Waals surface area contributed by atoms with Crippen molar-refractivity contribution in [2.75, 3.05) is 20.1 Å². The maximum atomic E-state index is 10.5. The van der Waals surface area contributed by atoms with E-state index in [1.165, 1.54) is 15.6 Å². The van der Waals surface area contributed by atoms with Gasteiger partial charge in [0.05, 0.1) is 11.0 Å². The molecule has 0 aliphatic carbocycles. The summed E-state index contributed by atoms with van der Waals surface area (Å²) in [6.07, 6.45) is 0.377. The zero-order valence-electron chi connectivity index (χ0n) is 17.7. The molecular weight excluding hydrogens is 521 g/mol. The number of rotatable bonds is 7. The number of aliphatic hydroxyl groups is 1. The molecule has 8 heteroatoms. The number of fused-ring (bicyclic) bond motifs is 2. The third-order valence-corrected chi connectivity index (χ3v) is 6.37. The van der Waals surface area contributed by atoms with Gasteiger partial charge in [-0.05, 0) is 43.0 Å². The quantitative estimate of drug-likeness (QED) is 0.138. The molecule has 0 aliphatic rings. The molecule has 3 N–H and O–H groups in total. The number of para-hydroxylation sites is 2. The summed E-state index contributed by atoms with van der Waals surface area (Å²) in [5, 5.41) is 18.3. The Morgan fingerprint density at radius 1 is 1.16 bits per heavy atom. The van der Waals surface area contributed by atoms with Crippen molar-refractivity contribution in [2.45, 2.75) is 26.0 Å². The van der Waals surface area contributed by atoms with Crippen molar-refractivity contribution in [1.82, 2.24) is 20.2 Å². The van der Waals surface area contributed by atoms with E-state index in [-0.39, 0.29) is 24.0 Å². The second-order valence-corrected chi connectivity index (χ2v) is 8.35. The van der Waals surface area contributed by atoms with E-state index in [1.54, 1.807) is 18.4 Å². The zero-order valence-corrected chi connectivity index (χ0v) is 20.9. The van der Waals surface area contributed by atoms with Gasteiger partial charge in [0, 0.05) is 36.3 Å². The van der Waals surface area contributed by atoms with Crippen molar-refractivity contribution in [3.8, 4) is 0 Å². The first kappa shape index (κ1) is 23.5. The Kier molecular flexibility index (Phi) is 8.28. The molecule has 0 bridgehead atoms. The fraction of sp³-hybridized carbons (Fsp3) is 0.304. The average Bonchev–Trinajstić information content (AvgIpc) is 3.33. The molecule has 0 spiro atoms. The van der Waals surface area contributed by atoms with Crippen LogP contribution in [0.3, 0.4) is 0 Å². The normalized spacial score (nSPS) is 12.7. The van der Waals surface area contributed by atoms with Crippen molar-refractivity contribution in [3.63, 3.8) is 0 Å². The summed E-state index contributed by atoms with van der Waals surface area (Å²) < 4.78 is 3.44. The molecule has 0 amide bonds.